The van der Waals surface area contributed by atoms with Gasteiger partial charge in [0, 0.05) is 10.8 Å². The summed E-state index contributed by atoms with van der Waals surface area (Å²) in [5, 5.41) is 39.0. The van der Waals surface area contributed by atoms with Gasteiger partial charge in [-0.25, -0.2) is 0 Å². The molecular formula is C16H26O7. The van der Waals surface area contributed by atoms with Crippen LogP contribution in [0.1, 0.15) is 33.6 Å². The Hall–Kier alpha value is -0.570. The van der Waals surface area contributed by atoms with Crippen molar-refractivity contribution < 1.29 is 34.7 Å². The first-order valence-corrected chi connectivity index (χ1v) is 8.12. The summed E-state index contributed by atoms with van der Waals surface area (Å²) in [4.78, 5) is 12.5. The lowest BCUT2D eigenvalue weighted by Gasteiger charge is -2.43. The summed E-state index contributed by atoms with van der Waals surface area (Å²) in [6, 6.07) is 0. The predicted octanol–water partition coefficient (Wildman–Crippen LogP) is -0.803. The van der Waals surface area contributed by atoms with Gasteiger partial charge in [-0.15, -0.1) is 0 Å². The Morgan fingerprint density at radius 1 is 1.13 bits per heavy atom. The predicted molar refractivity (Wildman–Crippen MR) is 78.3 cm³/mol. The van der Waals surface area contributed by atoms with Gasteiger partial charge in [-0.05, 0) is 18.8 Å². The average Bonchev–Trinajstić information content (AvgIpc) is 2.92. The molecule has 8 atom stereocenters. The van der Waals surface area contributed by atoms with Crippen LogP contribution in [0.4, 0.5) is 0 Å². The number of ketones is 1. The molecule has 2 bridgehead atoms. The minimum absolute atomic E-state index is 0.0207. The Labute approximate surface area is 135 Å². The van der Waals surface area contributed by atoms with Crippen LogP contribution in [0.5, 0.6) is 0 Å². The van der Waals surface area contributed by atoms with Gasteiger partial charge >= 0.3 is 0 Å². The van der Waals surface area contributed by atoms with Gasteiger partial charge in [-0.2, -0.15) is 0 Å². The first-order chi connectivity index (χ1) is 10.6. The second kappa shape index (κ2) is 5.47. The van der Waals surface area contributed by atoms with Gasteiger partial charge in [0.15, 0.2) is 6.29 Å². The van der Waals surface area contributed by atoms with Crippen LogP contribution in [0.25, 0.3) is 0 Å². The first kappa shape index (κ1) is 17.3. The van der Waals surface area contributed by atoms with E-state index in [-0.39, 0.29) is 17.8 Å². The summed E-state index contributed by atoms with van der Waals surface area (Å²) in [6.45, 7) is 5.27. The zero-order valence-corrected chi connectivity index (χ0v) is 13.7. The van der Waals surface area contributed by atoms with Crippen molar-refractivity contribution in [2.45, 2.75) is 70.4 Å². The summed E-state index contributed by atoms with van der Waals surface area (Å²) in [7, 11) is 0. The summed E-state index contributed by atoms with van der Waals surface area (Å²) in [6.07, 6.45) is -5.35. The van der Waals surface area contributed by atoms with E-state index in [0.29, 0.717) is 6.42 Å². The maximum atomic E-state index is 12.5. The van der Waals surface area contributed by atoms with Crippen molar-refractivity contribution in [3.8, 4) is 0 Å². The SMILES string of the molecule is CC1(C)C(=O)[C@@]2(C)C[C@H](O[C@@H]3O[C@H](CO)[C@@H](O)[C@H](O)[C@H]3O)[C@@H]1C2. The van der Waals surface area contributed by atoms with E-state index >= 15 is 0 Å². The molecular weight excluding hydrogens is 304 g/mol. The lowest BCUT2D eigenvalue weighted by Crippen LogP contribution is -2.60. The van der Waals surface area contributed by atoms with Crippen LogP contribution >= 0.6 is 0 Å². The minimum atomic E-state index is -1.45. The standard InChI is InChI=1S/C16H26O7/c1-15(2)7-4-16(3,14(15)21)5-8(7)22-13-12(20)11(19)10(18)9(6-17)23-13/h7-13,17-20H,4-6H2,1-3H3/t7-,8-,9+,10+,11-,12+,13+,16+/m0/s1. The smallest absolute Gasteiger partial charge is 0.186 e. The Balaban J connectivity index is 1.74. The molecule has 0 radical (unpaired) electrons. The Morgan fingerprint density at radius 3 is 2.30 bits per heavy atom. The number of Topliss-reactive ketones (excluding diaryl/α,β-unsaturated/α-hetero) is 1. The molecule has 3 rings (SSSR count). The summed E-state index contributed by atoms with van der Waals surface area (Å²) in [5.41, 5.74) is -0.918. The number of carbonyl (C=O) groups is 1. The van der Waals surface area contributed by atoms with E-state index in [1.165, 1.54) is 0 Å². The first-order valence-electron chi connectivity index (χ1n) is 8.12. The van der Waals surface area contributed by atoms with E-state index in [4.69, 9.17) is 9.47 Å². The van der Waals surface area contributed by atoms with Gasteiger partial charge < -0.3 is 29.9 Å². The van der Waals surface area contributed by atoms with Crippen molar-refractivity contribution in [1.82, 2.24) is 0 Å². The highest BCUT2D eigenvalue weighted by Gasteiger charge is 2.64. The number of aliphatic hydroxyl groups is 4. The molecule has 4 N–H and O–H groups in total. The summed E-state index contributed by atoms with van der Waals surface area (Å²) < 4.78 is 11.3. The number of hydrogen-bond donors (Lipinski definition) is 4. The fraction of sp³-hybridized carbons (Fsp3) is 0.938. The second-order valence-electron chi connectivity index (χ2n) is 8.00. The second-order valence-corrected chi connectivity index (χ2v) is 8.00. The molecule has 23 heavy (non-hydrogen) atoms. The molecule has 3 aliphatic rings. The molecule has 0 aromatic heterocycles. The number of rotatable bonds is 3. The monoisotopic (exact) mass is 330 g/mol. The van der Waals surface area contributed by atoms with Crippen molar-refractivity contribution in [2.75, 3.05) is 6.61 Å². The van der Waals surface area contributed by atoms with Gasteiger partial charge in [0.25, 0.3) is 0 Å². The third-order valence-corrected chi connectivity index (χ3v) is 5.99. The summed E-state index contributed by atoms with van der Waals surface area (Å²) in [5.74, 6) is 0.260. The van der Waals surface area contributed by atoms with Gasteiger partial charge in [-0.1, -0.05) is 20.8 Å². The topological polar surface area (TPSA) is 116 Å². The molecule has 3 fully saturated rings. The van der Waals surface area contributed by atoms with Crippen molar-refractivity contribution in [2.24, 2.45) is 16.7 Å². The third kappa shape index (κ3) is 2.45. The van der Waals surface area contributed by atoms with Crippen molar-refractivity contribution in [3.05, 3.63) is 0 Å². The number of aliphatic hydroxyl groups excluding tert-OH is 4. The molecule has 0 unspecified atom stereocenters. The fourth-order valence-corrected chi connectivity index (χ4v) is 4.63. The Bertz CT molecular complexity index is 484. The maximum absolute atomic E-state index is 12.5. The van der Waals surface area contributed by atoms with E-state index < -0.39 is 48.1 Å². The molecule has 1 heterocycles. The molecule has 132 valence electrons. The molecule has 1 aliphatic heterocycles. The van der Waals surface area contributed by atoms with Crippen LogP contribution in [0.2, 0.25) is 0 Å². The van der Waals surface area contributed by atoms with E-state index in [1.807, 2.05) is 20.8 Å². The molecule has 2 aliphatic carbocycles. The molecule has 1 saturated heterocycles. The molecule has 7 heteroatoms. The molecule has 0 aromatic carbocycles. The number of fused-ring (bicyclic) bond motifs is 2. The average molecular weight is 330 g/mol. The molecule has 0 amide bonds. The fourth-order valence-electron chi connectivity index (χ4n) is 4.63. The summed E-state index contributed by atoms with van der Waals surface area (Å²) >= 11 is 0. The number of carbonyl (C=O) groups excluding carboxylic acids is 1. The van der Waals surface area contributed by atoms with E-state index in [0.717, 1.165) is 6.42 Å². The van der Waals surface area contributed by atoms with Gasteiger partial charge in [0.05, 0.1) is 12.7 Å². The van der Waals surface area contributed by atoms with Crippen LogP contribution in [0.3, 0.4) is 0 Å². The van der Waals surface area contributed by atoms with Crippen molar-refractivity contribution in [3.63, 3.8) is 0 Å². The van der Waals surface area contributed by atoms with Gasteiger partial charge in [-0.3, -0.25) is 4.79 Å². The third-order valence-electron chi connectivity index (χ3n) is 5.99. The van der Waals surface area contributed by atoms with Crippen LogP contribution in [-0.2, 0) is 14.3 Å². The van der Waals surface area contributed by atoms with E-state index in [1.54, 1.807) is 0 Å². The largest absolute Gasteiger partial charge is 0.394 e. The lowest BCUT2D eigenvalue weighted by molar-refractivity contribution is -0.316. The van der Waals surface area contributed by atoms with Crippen LogP contribution < -0.4 is 0 Å². The highest BCUT2D eigenvalue weighted by molar-refractivity contribution is 5.93. The van der Waals surface area contributed by atoms with Crippen molar-refractivity contribution in [1.29, 1.82) is 0 Å². The highest BCUT2D eigenvalue weighted by Crippen LogP contribution is 2.60. The van der Waals surface area contributed by atoms with Gasteiger partial charge in [0.1, 0.15) is 30.2 Å². The zero-order valence-electron chi connectivity index (χ0n) is 13.7. The van der Waals surface area contributed by atoms with E-state index in [9.17, 15) is 25.2 Å². The zero-order chi connectivity index (χ0) is 17.2. The van der Waals surface area contributed by atoms with Crippen molar-refractivity contribution >= 4 is 5.78 Å². The Morgan fingerprint density at radius 2 is 1.78 bits per heavy atom. The molecule has 2 saturated carbocycles. The minimum Gasteiger partial charge on any atom is -0.394 e. The quantitative estimate of drug-likeness (QED) is 0.535. The van der Waals surface area contributed by atoms with Crippen LogP contribution in [-0.4, -0.2) is 69.6 Å². The van der Waals surface area contributed by atoms with Gasteiger partial charge in [0.2, 0.25) is 0 Å². The molecule has 0 aromatic rings. The molecule has 0 spiro atoms. The lowest BCUT2D eigenvalue weighted by atomic mass is 9.70. The number of hydrogen-bond acceptors (Lipinski definition) is 7. The number of ether oxygens (including phenoxy) is 2. The normalized spacial score (nSPS) is 52.1. The highest BCUT2D eigenvalue weighted by atomic mass is 16.7. The maximum Gasteiger partial charge on any atom is 0.186 e. The molecule has 7 nitrogen and oxygen atoms in total. The van der Waals surface area contributed by atoms with Crippen LogP contribution in [0.15, 0.2) is 0 Å². The van der Waals surface area contributed by atoms with E-state index in [2.05, 4.69) is 0 Å². The van der Waals surface area contributed by atoms with Crippen LogP contribution in [0, 0.1) is 16.7 Å². The Kier molecular flexibility index (Phi) is 4.11.